The first-order valence-electron chi connectivity index (χ1n) is 5.72. The number of hydrogen-bond donors (Lipinski definition) is 0. The summed E-state index contributed by atoms with van der Waals surface area (Å²) in [6.45, 7) is 9.83. The molecule has 0 amide bonds. The van der Waals surface area contributed by atoms with Crippen LogP contribution in [0.4, 0.5) is 5.82 Å². The Hall–Kier alpha value is -1.16. The summed E-state index contributed by atoms with van der Waals surface area (Å²) in [5.41, 5.74) is 1.09. The first kappa shape index (κ1) is 11.3. The van der Waals surface area contributed by atoms with Gasteiger partial charge < -0.3 is 9.64 Å². The molecule has 88 valence electrons. The van der Waals surface area contributed by atoms with Gasteiger partial charge in [0.15, 0.2) is 0 Å². The van der Waals surface area contributed by atoms with Crippen molar-refractivity contribution in [2.24, 2.45) is 0 Å². The van der Waals surface area contributed by atoms with Crippen LogP contribution in [0.25, 0.3) is 0 Å². The summed E-state index contributed by atoms with van der Waals surface area (Å²) < 4.78 is 5.33. The summed E-state index contributed by atoms with van der Waals surface area (Å²) in [7, 11) is 0. The molecule has 1 aromatic heterocycles. The topological polar surface area (TPSA) is 38.2 Å². The molecule has 0 atom stereocenters. The summed E-state index contributed by atoms with van der Waals surface area (Å²) in [6.07, 6.45) is 3.69. The average molecular weight is 221 g/mol. The number of anilines is 1. The monoisotopic (exact) mass is 221 g/mol. The fourth-order valence-corrected chi connectivity index (χ4v) is 1.66. The molecule has 0 spiro atoms. The van der Waals surface area contributed by atoms with Gasteiger partial charge in [0.05, 0.1) is 25.1 Å². The van der Waals surface area contributed by atoms with Gasteiger partial charge in [0.2, 0.25) is 0 Å². The minimum absolute atomic E-state index is 0.0509. The lowest BCUT2D eigenvalue weighted by molar-refractivity contribution is 0.122. The van der Waals surface area contributed by atoms with Crippen molar-refractivity contribution in [3.8, 4) is 0 Å². The highest BCUT2D eigenvalue weighted by Gasteiger charge is 2.18. The van der Waals surface area contributed by atoms with E-state index in [9.17, 15) is 0 Å². The third kappa shape index (κ3) is 2.50. The van der Waals surface area contributed by atoms with Crippen molar-refractivity contribution in [2.45, 2.75) is 26.2 Å². The highest BCUT2D eigenvalue weighted by atomic mass is 16.5. The predicted octanol–water partition coefficient (Wildman–Crippen LogP) is 1.61. The largest absolute Gasteiger partial charge is 0.378 e. The van der Waals surface area contributed by atoms with Gasteiger partial charge in [-0.1, -0.05) is 20.8 Å². The second-order valence-corrected chi connectivity index (χ2v) is 5.11. The number of morpholine rings is 1. The van der Waals surface area contributed by atoms with Crippen LogP contribution in [0, 0.1) is 0 Å². The van der Waals surface area contributed by atoms with Gasteiger partial charge in [0.1, 0.15) is 5.82 Å². The van der Waals surface area contributed by atoms with E-state index in [-0.39, 0.29) is 5.41 Å². The molecule has 2 rings (SSSR count). The molecule has 0 aromatic carbocycles. The van der Waals surface area contributed by atoms with E-state index < -0.39 is 0 Å². The molecule has 4 nitrogen and oxygen atoms in total. The van der Waals surface area contributed by atoms with Crippen molar-refractivity contribution in [3.63, 3.8) is 0 Å². The van der Waals surface area contributed by atoms with E-state index in [0.29, 0.717) is 0 Å². The van der Waals surface area contributed by atoms with Crippen molar-refractivity contribution < 1.29 is 4.74 Å². The van der Waals surface area contributed by atoms with Gasteiger partial charge >= 0.3 is 0 Å². The molecule has 16 heavy (non-hydrogen) atoms. The van der Waals surface area contributed by atoms with E-state index in [4.69, 9.17) is 4.74 Å². The highest BCUT2D eigenvalue weighted by molar-refractivity contribution is 5.37. The maximum atomic E-state index is 5.33. The number of nitrogens with zero attached hydrogens (tertiary/aromatic N) is 3. The zero-order valence-electron chi connectivity index (χ0n) is 10.2. The molecule has 0 radical (unpaired) electrons. The molecule has 1 aromatic rings. The smallest absolute Gasteiger partial charge is 0.147 e. The first-order valence-corrected chi connectivity index (χ1v) is 5.72. The van der Waals surface area contributed by atoms with Crippen molar-refractivity contribution >= 4 is 5.82 Å². The van der Waals surface area contributed by atoms with Crippen LogP contribution in [0.15, 0.2) is 12.4 Å². The summed E-state index contributed by atoms with van der Waals surface area (Å²) in [6, 6.07) is 0. The second kappa shape index (κ2) is 4.37. The standard InChI is InChI=1S/C12H19N3O/c1-12(2,3)10-8-13-9-11(14-10)15-4-6-16-7-5-15/h8-9H,4-7H2,1-3H3. The van der Waals surface area contributed by atoms with Gasteiger partial charge in [-0.25, -0.2) is 4.98 Å². The van der Waals surface area contributed by atoms with Crippen LogP contribution in [0.1, 0.15) is 26.5 Å². The van der Waals surface area contributed by atoms with Gasteiger partial charge in [-0.3, -0.25) is 4.98 Å². The molecule has 0 bridgehead atoms. The maximum absolute atomic E-state index is 5.33. The lowest BCUT2D eigenvalue weighted by Crippen LogP contribution is -2.37. The van der Waals surface area contributed by atoms with Crippen LogP contribution >= 0.6 is 0 Å². The summed E-state index contributed by atoms with van der Waals surface area (Å²) in [5.74, 6) is 0.968. The van der Waals surface area contributed by atoms with Crippen LogP contribution < -0.4 is 4.90 Å². The summed E-state index contributed by atoms with van der Waals surface area (Å²) >= 11 is 0. The fourth-order valence-electron chi connectivity index (χ4n) is 1.66. The van der Waals surface area contributed by atoms with Crippen LogP contribution in [-0.2, 0) is 10.2 Å². The lowest BCUT2D eigenvalue weighted by Gasteiger charge is -2.28. The van der Waals surface area contributed by atoms with Crippen LogP contribution in [0.2, 0.25) is 0 Å². The minimum Gasteiger partial charge on any atom is -0.378 e. The molecule has 1 aliphatic rings. The molecule has 0 N–H and O–H groups in total. The molecule has 0 unspecified atom stereocenters. The Kier molecular flexibility index (Phi) is 3.10. The van der Waals surface area contributed by atoms with E-state index in [2.05, 4.69) is 35.6 Å². The quantitative estimate of drug-likeness (QED) is 0.722. The molecule has 0 aliphatic carbocycles. The van der Waals surface area contributed by atoms with Gasteiger partial charge in [0.25, 0.3) is 0 Å². The van der Waals surface area contributed by atoms with Crippen LogP contribution in [0.3, 0.4) is 0 Å². The van der Waals surface area contributed by atoms with Gasteiger partial charge in [-0.15, -0.1) is 0 Å². The summed E-state index contributed by atoms with van der Waals surface area (Å²) in [4.78, 5) is 11.2. The van der Waals surface area contributed by atoms with E-state index >= 15 is 0 Å². The van der Waals surface area contributed by atoms with Gasteiger partial charge in [-0.05, 0) is 0 Å². The zero-order valence-corrected chi connectivity index (χ0v) is 10.2. The van der Waals surface area contributed by atoms with E-state index in [1.807, 2.05) is 12.4 Å². The number of aromatic nitrogens is 2. The van der Waals surface area contributed by atoms with Crippen LogP contribution in [0.5, 0.6) is 0 Å². The van der Waals surface area contributed by atoms with Gasteiger partial charge in [-0.2, -0.15) is 0 Å². The lowest BCUT2D eigenvalue weighted by atomic mass is 9.93. The van der Waals surface area contributed by atoms with Crippen molar-refractivity contribution in [3.05, 3.63) is 18.1 Å². The van der Waals surface area contributed by atoms with Crippen LogP contribution in [-0.4, -0.2) is 36.3 Å². The van der Waals surface area contributed by atoms with E-state index in [1.165, 1.54) is 0 Å². The normalized spacial score (nSPS) is 17.6. The van der Waals surface area contributed by atoms with Crippen molar-refractivity contribution in [2.75, 3.05) is 31.2 Å². The van der Waals surface area contributed by atoms with E-state index in [1.54, 1.807) is 0 Å². The predicted molar refractivity (Wildman–Crippen MR) is 63.8 cm³/mol. The second-order valence-electron chi connectivity index (χ2n) is 5.11. The zero-order chi connectivity index (χ0) is 11.6. The number of ether oxygens (including phenoxy) is 1. The minimum atomic E-state index is 0.0509. The average Bonchev–Trinajstić information content (AvgIpc) is 2.29. The molecular formula is C12H19N3O. The number of hydrogen-bond acceptors (Lipinski definition) is 4. The van der Waals surface area contributed by atoms with E-state index in [0.717, 1.165) is 37.8 Å². The Balaban J connectivity index is 2.21. The fraction of sp³-hybridized carbons (Fsp3) is 0.667. The van der Waals surface area contributed by atoms with Gasteiger partial charge in [0, 0.05) is 24.7 Å². The molecule has 2 heterocycles. The molecule has 4 heteroatoms. The third-order valence-corrected chi connectivity index (χ3v) is 2.73. The van der Waals surface area contributed by atoms with Crippen molar-refractivity contribution in [1.82, 2.24) is 9.97 Å². The SMILES string of the molecule is CC(C)(C)c1cncc(N2CCOCC2)n1. The highest BCUT2D eigenvalue weighted by Crippen LogP contribution is 2.21. The molecular weight excluding hydrogens is 202 g/mol. The Morgan fingerprint density at radius 2 is 1.88 bits per heavy atom. The summed E-state index contributed by atoms with van der Waals surface area (Å²) in [5, 5.41) is 0. The molecule has 1 saturated heterocycles. The Morgan fingerprint density at radius 1 is 1.19 bits per heavy atom. The third-order valence-electron chi connectivity index (χ3n) is 2.73. The molecule has 1 fully saturated rings. The maximum Gasteiger partial charge on any atom is 0.147 e. The Morgan fingerprint density at radius 3 is 2.50 bits per heavy atom. The van der Waals surface area contributed by atoms with Crippen molar-refractivity contribution in [1.29, 1.82) is 0 Å². The Labute approximate surface area is 96.7 Å². The number of rotatable bonds is 1. The Bertz CT molecular complexity index is 354. The first-order chi connectivity index (χ1) is 7.57. The molecule has 0 saturated carbocycles. The molecule has 1 aliphatic heterocycles.